The summed E-state index contributed by atoms with van der Waals surface area (Å²) in [6, 6.07) is 11.9. The van der Waals surface area contributed by atoms with E-state index in [-0.39, 0.29) is 30.1 Å². The quantitative estimate of drug-likeness (QED) is 0.476. The summed E-state index contributed by atoms with van der Waals surface area (Å²) < 4.78 is 48.6. The van der Waals surface area contributed by atoms with Gasteiger partial charge in [0.2, 0.25) is 0 Å². The molecule has 1 aromatic heterocycles. The molecule has 0 bridgehead atoms. The van der Waals surface area contributed by atoms with Crippen LogP contribution in [0.25, 0.3) is 0 Å². The van der Waals surface area contributed by atoms with Crippen LogP contribution in [0.15, 0.2) is 65.8 Å². The number of ether oxygens (including phenoxy) is 1. The van der Waals surface area contributed by atoms with Crippen molar-refractivity contribution in [3.8, 4) is 5.75 Å². The summed E-state index contributed by atoms with van der Waals surface area (Å²) in [5, 5.41) is 12.7. The maximum Gasteiger partial charge on any atom is 0.303 e. The number of hydrogen-bond donors (Lipinski definition) is 2. The molecule has 0 spiro atoms. The van der Waals surface area contributed by atoms with Gasteiger partial charge in [-0.15, -0.1) is 0 Å². The molecule has 0 fully saturated rings. The van der Waals surface area contributed by atoms with Gasteiger partial charge in [0, 0.05) is 24.5 Å². The normalized spacial score (nSPS) is 11.2. The van der Waals surface area contributed by atoms with E-state index in [9.17, 15) is 17.6 Å². The van der Waals surface area contributed by atoms with Gasteiger partial charge in [-0.3, -0.25) is 14.2 Å². The third-order valence-corrected chi connectivity index (χ3v) is 5.50. The van der Waals surface area contributed by atoms with Crippen molar-refractivity contribution in [1.82, 2.24) is 9.78 Å². The Labute approximate surface area is 173 Å². The lowest BCUT2D eigenvalue weighted by atomic mass is 10.2. The van der Waals surface area contributed by atoms with Gasteiger partial charge in [-0.1, -0.05) is 12.1 Å². The fourth-order valence-corrected chi connectivity index (χ4v) is 3.71. The first-order valence-corrected chi connectivity index (χ1v) is 10.6. The molecular weight excluding hydrogens is 413 g/mol. The maximum atomic E-state index is 14.2. The average molecular weight is 433 g/mol. The van der Waals surface area contributed by atoms with Gasteiger partial charge in [0.1, 0.15) is 0 Å². The van der Waals surface area contributed by atoms with Crippen molar-refractivity contribution < 1.29 is 27.4 Å². The summed E-state index contributed by atoms with van der Waals surface area (Å²) in [5.41, 5.74) is 1.28. The Balaban J connectivity index is 1.63. The number of nitrogens with zero attached hydrogens (tertiary/aromatic N) is 2. The Bertz CT molecular complexity index is 1100. The largest absolute Gasteiger partial charge is 0.491 e. The van der Waals surface area contributed by atoms with Crippen LogP contribution in [0.2, 0.25) is 0 Å². The molecule has 0 unspecified atom stereocenters. The second kappa shape index (κ2) is 9.40. The first-order valence-electron chi connectivity index (χ1n) is 9.07. The molecule has 1 heterocycles. The Kier molecular flexibility index (Phi) is 6.68. The molecule has 0 amide bonds. The van der Waals surface area contributed by atoms with Crippen LogP contribution >= 0.6 is 0 Å². The molecule has 30 heavy (non-hydrogen) atoms. The minimum atomic E-state index is -3.99. The highest BCUT2D eigenvalue weighted by atomic mass is 32.2. The molecule has 3 rings (SSSR count). The highest BCUT2D eigenvalue weighted by Crippen LogP contribution is 2.23. The molecular formula is C20H20FN3O5S. The zero-order valence-corrected chi connectivity index (χ0v) is 16.7. The highest BCUT2D eigenvalue weighted by molar-refractivity contribution is 7.92. The van der Waals surface area contributed by atoms with E-state index in [0.717, 1.165) is 11.6 Å². The summed E-state index contributed by atoms with van der Waals surface area (Å²) in [5.74, 6) is -1.95. The lowest BCUT2D eigenvalue weighted by Gasteiger charge is -2.11. The Morgan fingerprint density at radius 2 is 1.97 bits per heavy atom. The number of carboxylic acid groups (broad SMARTS) is 1. The number of sulfonamides is 1. The SMILES string of the molecule is O=C(O)CCCOc1ccc(S(=O)(=O)Nc2ccc(Cn3cccn3)cc2)cc1F. The molecule has 8 nitrogen and oxygen atoms in total. The first-order chi connectivity index (χ1) is 14.3. The van der Waals surface area contributed by atoms with Crippen LogP contribution in [-0.4, -0.2) is 35.9 Å². The van der Waals surface area contributed by atoms with Crippen molar-refractivity contribution in [2.45, 2.75) is 24.3 Å². The Morgan fingerprint density at radius 1 is 1.20 bits per heavy atom. The van der Waals surface area contributed by atoms with Gasteiger partial charge in [0.05, 0.1) is 18.0 Å². The minimum absolute atomic E-state index is 0.0123. The van der Waals surface area contributed by atoms with Gasteiger partial charge in [0.25, 0.3) is 10.0 Å². The van der Waals surface area contributed by atoms with E-state index >= 15 is 0 Å². The number of hydrogen-bond acceptors (Lipinski definition) is 5. The number of halogens is 1. The smallest absolute Gasteiger partial charge is 0.303 e. The number of aliphatic carboxylic acids is 1. The van der Waals surface area contributed by atoms with E-state index in [1.165, 1.54) is 12.1 Å². The van der Waals surface area contributed by atoms with Crippen LogP contribution in [-0.2, 0) is 21.4 Å². The van der Waals surface area contributed by atoms with E-state index < -0.39 is 21.8 Å². The van der Waals surface area contributed by atoms with Crippen molar-refractivity contribution in [2.24, 2.45) is 0 Å². The second-order valence-corrected chi connectivity index (χ2v) is 8.13. The van der Waals surface area contributed by atoms with Crippen LogP contribution < -0.4 is 9.46 Å². The van der Waals surface area contributed by atoms with E-state index in [0.29, 0.717) is 12.2 Å². The summed E-state index contributed by atoms with van der Waals surface area (Å²) >= 11 is 0. The molecule has 0 radical (unpaired) electrons. The van der Waals surface area contributed by atoms with Crippen molar-refractivity contribution in [3.63, 3.8) is 0 Å². The molecule has 0 saturated carbocycles. The lowest BCUT2D eigenvalue weighted by molar-refractivity contribution is -0.137. The third-order valence-electron chi connectivity index (χ3n) is 4.12. The predicted molar refractivity (Wildman–Crippen MR) is 107 cm³/mol. The number of aromatic nitrogens is 2. The highest BCUT2D eigenvalue weighted by Gasteiger charge is 2.17. The van der Waals surface area contributed by atoms with Crippen LogP contribution in [0, 0.1) is 5.82 Å². The monoisotopic (exact) mass is 433 g/mol. The summed E-state index contributed by atoms with van der Waals surface area (Å²) in [6.45, 7) is 0.567. The van der Waals surface area contributed by atoms with Crippen LogP contribution in [0.5, 0.6) is 5.75 Å². The van der Waals surface area contributed by atoms with Crippen molar-refractivity contribution in [1.29, 1.82) is 0 Å². The zero-order chi connectivity index (χ0) is 21.6. The Morgan fingerprint density at radius 3 is 2.60 bits per heavy atom. The van der Waals surface area contributed by atoms with Crippen molar-refractivity contribution >= 4 is 21.7 Å². The van der Waals surface area contributed by atoms with Gasteiger partial charge in [-0.05, 0) is 48.4 Å². The number of nitrogens with one attached hydrogen (secondary N) is 1. The van der Waals surface area contributed by atoms with E-state index in [1.807, 2.05) is 12.3 Å². The molecule has 0 saturated heterocycles. The molecule has 0 aliphatic heterocycles. The molecule has 10 heteroatoms. The van der Waals surface area contributed by atoms with Crippen molar-refractivity contribution in [2.75, 3.05) is 11.3 Å². The van der Waals surface area contributed by atoms with Crippen LogP contribution in [0.4, 0.5) is 10.1 Å². The molecule has 2 aromatic carbocycles. The van der Waals surface area contributed by atoms with E-state index in [1.54, 1.807) is 35.1 Å². The molecule has 158 valence electrons. The second-order valence-electron chi connectivity index (χ2n) is 6.44. The minimum Gasteiger partial charge on any atom is -0.491 e. The Hall–Kier alpha value is -3.40. The average Bonchev–Trinajstić information content (AvgIpc) is 3.20. The first kappa shape index (κ1) is 21.3. The lowest BCUT2D eigenvalue weighted by Crippen LogP contribution is -2.13. The molecule has 0 aliphatic carbocycles. The molecule has 2 N–H and O–H groups in total. The zero-order valence-electron chi connectivity index (χ0n) is 15.9. The van der Waals surface area contributed by atoms with E-state index in [4.69, 9.17) is 9.84 Å². The van der Waals surface area contributed by atoms with Crippen molar-refractivity contribution in [3.05, 3.63) is 72.3 Å². The third kappa shape index (κ3) is 5.80. The summed E-state index contributed by atoms with van der Waals surface area (Å²) in [6.07, 6.45) is 3.62. The summed E-state index contributed by atoms with van der Waals surface area (Å²) in [4.78, 5) is 10.2. The van der Waals surface area contributed by atoms with Gasteiger partial charge >= 0.3 is 5.97 Å². The standard InChI is InChI=1S/C20H20FN3O5S/c21-18-13-17(8-9-19(18)29-12-1-3-20(25)26)30(27,28)23-16-6-4-15(5-7-16)14-24-11-2-10-22-24/h2,4-11,13,23H,1,3,12,14H2,(H,25,26). The topological polar surface area (TPSA) is 111 Å². The van der Waals surface area contributed by atoms with Gasteiger partial charge in [-0.2, -0.15) is 5.10 Å². The van der Waals surface area contributed by atoms with Crippen LogP contribution in [0.3, 0.4) is 0 Å². The number of rotatable bonds is 10. The number of anilines is 1. The number of benzene rings is 2. The van der Waals surface area contributed by atoms with Crippen LogP contribution in [0.1, 0.15) is 18.4 Å². The molecule has 0 atom stereocenters. The molecule has 3 aromatic rings. The number of carboxylic acids is 1. The summed E-state index contributed by atoms with van der Waals surface area (Å²) in [7, 11) is -3.99. The predicted octanol–water partition coefficient (Wildman–Crippen LogP) is 3.11. The van der Waals surface area contributed by atoms with Gasteiger partial charge in [0.15, 0.2) is 11.6 Å². The fraction of sp³-hybridized carbons (Fsp3) is 0.200. The fourth-order valence-electron chi connectivity index (χ4n) is 2.64. The molecule has 0 aliphatic rings. The van der Waals surface area contributed by atoms with E-state index in [2.05, 4.69) is 9.82 Å². The van der Waals surface area contributed by atoms with Gasteiger partial charge in [-0.25, -0.2) is 12.8 Å². The number of carbonyl (C=O) groups is 1. The van der Waals surface area contributed by atoms with Gasteiger partial charge < -0.3 is 9.84 Å². The maximum absolute atomic E-state index is 14.2.